The van der Waals surface area contributed by atoms with Crippen LogP contribution in [0.2, 0.25) is 18.1 Å². The molecule has 0 unspecified atom stereocenters. The lowest BCUT2D eigenvalue weighted by atomic mass is 9.63. The molecule has 1 aliphatic rings. The second kappa shape index (κ2) is 8.79. The molecule has 0 amide bonds. The first-order chi connectivity index (χ1) is 13.9. The third-order valence-corrected chi connectivity index (χ3v) is 12.3. The van der Waals surface area contributed by atoms with Crippen LogP contribution in [0.3, 0.4) is 0 Å². The zero-order chi connectivity index (χ0) is 23.9. The average Bonchev–Trinajstić information content (AvgIpc) is 2.85. The Morgan fingerprint density at radius 3 is 2.00 bits per heavy atom. The first-order valence-electron chi connectivity index (χ1n) is 11.4. The van der Waals surface area contributed by atoms with E-state index in [-0.39, 0.29) is 11.0 Å². The Morgan fingerprint density at radius 2 is 1.55 bits per heavy atom. The molecule has 1 fully saturated rings. The van der Waals surface area contributed by atoms with Crippen molar-refractivity contribution in [2.75, 3.05) is 6.61 Å². The lowest BCUT2D eigenvalue weighted by Crippen LogP contribution is -2.47. The molecule has 1 aromatic carbocycles. The van der Waals surface area contributed by atoms with Gasteiger partial charge < -0.3 is 19.5 Å². The highest BCUT2D eigenvalue weighted by Crippen LogP contribution is 2.43. The van der Waals surface area contributed by atoms with Crippen molar-refractivity contribution in [1.29, 1.82) is 0 Å². The summed E-state index contributed by atoms with van der Waals surface area (Å²) in [7, 11) is -2.35. The molecule has 0 aromatic heterocycles. The van der Waals surface area contributed by atoms with Crippen molar-refractivity contribution in [3.63, 3.8) is 0 Å². The summed E-state index contributed by atoms with van der Waals surface area (Å²) in [6.45, 7) is 26.8. The minimum atomic E-state index is -1.86. The van der Waals surface area contributed by atoms with E-state index >= 15 is 0 Å². The molecule has 4 nitrogen and oxygen atoms in total. The Morgan fingerprint density at radius 1 is 1.06 bits per heavy atom. The van der Waals surface area contributed by atoms with Crippen LogP contribution in [0.4, 0.5) is 0 Å². The summed E-state index contributed by atoms with van der Waals surface area (Å²) >= 11 is 0. The molecule has 0 radical (unpaired) electrons. The molecule has 0 bridgehead atoms. The molecular weight excluding hydrogens is 401 g/mol. The van der Waals surface area contributed by atoms with E-state index in [2.05, 4.69) is 87.2 Å². The van der Waals surface area contributed by atoms with E-state index in [1.54, 1.807) is 0 Å². The minimum absolute atomic E-state index is 0.0608. The third-order valence-electron chi connectivity index (χ3n) is 7.80. The van der Waals surface area contributed by atoms with Gasteiger partial charge in [-0.25, -0.2) is 0 Å². The van der Waals surface area contributed by atoms with Gasteiger partial charge in [-0.2, -0.15) is 0 Å². The van der Waals surface area contributed by atoms with Crippen molar-refractivity contribution in [3.05, 3.63) is 47.9 Å². The van der Waals surface area contributed by atoms with E-state index in [9.17, 15) is 0 Å². The van der Waals surface area contributed by atoms with Crippen molar-refractivity contribution in [3.8, 4) is 0 Å². The largest absolute Gasteiger partial charge is 0.490 e. The summed E-state index contributed by atoms with van der Waals surface area (Å²) in [5, 5.41) is 0.163. The summed E-state index contributed by atoms with van der Waals surface area (Å²) in [6, 6.07) is 10.2. The molecule has 2 atom stereocenters. The van der Waals surface area contributed by atoms with Crippen LogP contribution >= 0.6 is 0 Å². The maximum Gasteiger partial charge on any atom is 0.490 e. The summed E-state index contributed by atoms with van der Waals surface area (Å²) in [4.78, 5) is 0. The monoisotopic (exact) mass is 445 g/mol. The number of rotatable bonds is 8. The minimum Gasteiger partial charge on any atom is -0.417 e. The highest BCUT2D eigenvalue weighted by atomic mass is 28.4. The summed E-state index contributed by atoms with van der Waals surface area (Å²) in [6.07, 6.45) is 0.761. The highest BCUT2D eigenvalue weighted by Gasteiger charge is 2.54. The second-order valence-electron chi connectivity index (χ2n) is 11.8. The van der Waals surface area contributed by atoms with Gasteiger partial charge in [0, 0.05) is 18.1 Å². The fraction of sp³-hybridized carbons (Fsp3) is 0.680. The Kier molecular flexibility index (Phi) is 7.47. The van der Waals surface area contributed by atoms with Crippen molar-refractivity contribution < 1.29 is 13.7 Å². The summed E-state index contributed by atoms with van der Waals surface area (Å²) in [5.41, 5.74) is 7.50. The summed E-state index contributed by atoms with van der Waals surface area (Å²) < 4.78 is 19.2. The van der Waals surface area contributed by atoms with Crippen molar-refractivity contribution in [2.45, 2.75) is 96.7 Å². The Bertz CT molecular complexity index is 753. The van der Waals surface area contributed by atoms with Gasteiger partial charge in [0.1, 0.15) is 0 Å². The molecule has 174 valence electrons. The van der Waals surface area contributed by atoms with Crippen LogP contribution in [0.1, 0.15) is 67.4 Å². The third kappa shape index (κ3) is 5.53. The number of nitrogens with two attached hydrogens (primary N) is 1. The molecule has 2 N–H and O–H groups in total. The zero-order valence-electron chi connectivity index (χ0n) is 21.5. The molecule has 0 saturated carbocycles. The Hall–Kier alpha value is -0.918. The predicted octanol–water partition coefficient (Wildman–Crippen LogP) is 6.08. The number of benzene rings is 1. The fourth-order valence-corrected chi connectivity index (χ4v) is 4.74. The van der Waals surface area contributed by atoms with Gasteiger partial charge in [-0.05, 0) is 70.2 Å². The van der Waals surface area contributed by atoms with Crippen molar-refractivity contribution >= 4 is 15.4 Å². The van der Waals surface area contributed by atoms with Gasteiger partial charge in [0.2, 0.25) is 0 Å². The fourth-order valence-electron chi connectivity index (χ4n) is 3.68. The zero-order valence-corrected chi connectivity index (χ0v) is 22.5. The molecule has 1 aromatic rings. The number of hydrogen-bond acceptors (Lipinski definition) is 4. The van der Waals surface area contributed by atoms with E-state index in [0.29, 0.717) is 6.61 Å². The summed E-state index contributed by atoms with van der Waals surface area (Å²) in [5.74, 6) is -0.0608. The van der Waals surface area contributed by atoms with Crippen LogP contribution < -0.4 is 5.73 Å². The van der Waals surface area contributed by atoms with Crippen LogP contribution in [-0.2, 0) is 19.3 Å². The predicted molar refractivity (Wildman–Crippen MR) is 134 cm³/mol. The lowest BCUT2D eigenvalue weighted by Gasteiger charge is -2.39. The van der Waals surface area contributed by atoms with Crippen molar-refractivity contribution in [2.24, 2.45) is 11.7 Å². The molecule has 6 heteroatoms. The van der Waals surface area contributed by atoms with E-state index in [4.69, 9.17) is 19.5 Å². The van der Waals surface area contributed by atoms with E-state index < -0.39 is 32.2 Å². The average molecular weight is 446 g/mol. The SMILES string of the molecule is C=C(B1OC(C)(C)C(C)(C)O1)[C@@H](CCO[Si](C)(C)C(C)(C)C)[C@](C)(N)c1ccccc1. The van der Waals surface area contributed by atoms with Gasteiger partial charge in [-0.15, -0.1) is 6.58 Å². The molecule has 0 spiro atoms. The lowest BCUT2D eigenvalue weighted by molar-refractivity contribution is 0.00578. The molecular formula is C25H44BNO3Si. The van der Waals surface area contributed by atoms with Gasteiger partial charge in [-0.3, -0.25) is 0 Å². The Labute approximate surface area is 192 Å². The van der Waals surface area contributed by atoms with Gasteiger partial charge >= 0.3 is 7.12 Å². The van der Waals surface area contributed by atoms with Crippen LogP contribution in [0.5, 0.6) is 0 Å². The normalized spacial score (nSPS) is 21.6. The molecule has 2 rings (SSSR count). The van der Waals surface area contributed by atoms with Crippen LogP contribution in [0.25, 0.3) is 0 Å². The Balaban J connectivity index is 2.30. The first-order valence-corrected chi connectivity index (χ1v) is 14.4. The van der Waals surface area contributed by atoms with Gasteiger partial charge in [0.15, 0.2) is 8.32 Å². The molecule has 0 aliphatic carbocycles. The highest BCUT2D eigenvalue weighted by molar-refractivity contribution is 6.74. The van der Waals surface area contributed by atoms with Crippen LogP contribution in [-0.4, -0.2) is 33.2 Å². The molecule has 1 aliphatic heterocycles. The standard InChI is InChI=1S/C25H44BNO3Si/c1-19(26-29-23(5,6)24(7,8)30-26)21(17-18-28-31(10,11)22(2,3)4)25(9,27)20-15-13-12-14-16-20/h12-16,21H,1,17-18,27H2,2-11H3/t21-,25-/m1/s1. The van der Waals surface area contributed by atoms with Gasteiger partial charge in [0.25, 0.3) is 0 Å². The molecule has 1 saturated heterocycles. The van der Waals surface area contributed by atoms with E-state index in [1.165, 1.54) is 0 Å². The van der Waals surface area contributed by atoms with Crippen molar-refractivity contribution in [1.82, 2.24) is 0 Å². The topological polar surface area (TPSA) is 53.7 Å². The maximum absolute atomic E-state index is 7.01. The first kappa shape index (κ1) is 26.3. The van der Waals surface area contributed by atoms with E-state index in [0.717, 1.165) is 17.5 Å². The van der Waals surface area contributed by atoms with Gasteiger partial charge in [0.05, 0.1) is 11.2 Å². The maximum atomic E-state index is 7.01. The second-order valence-corrected chi connectivity index (χ2v) is 16.6. The number of hydrogen-bond donors (Lipinski definition) is 1. The quantitative estimate of drug-likeness (QED) is 0.493. The smallest absolute Gasteiger partial charge is 0.417 e. The molecule has 31 heavy (non-hydrogen) atoms. The van der Waals surface area contributed by atoms with Gasteiger partial charge in [-0.1, -0.05) is 51.1 Å². The van der Waals surface area contributed by atoms with E-state index in [1.807, 2.05) is 18.2 Å². The molecule has 1 heterocycles. The van der Waals surface area contributed by atoms with Crippen LogP contribution in [0.15, 0.2) is 42.4 Å². The van der Waals surface area contributed by atoms with Crippen LogP contribution in [0, 0.1) is 5.92 Å².